The molecule has 146 valence electrons. The second-order valence-electron chi connectivity index (χ2n) is 5.65. The lowest BCUT2D eigenvalue weighted by Crippen LogP contribution is -2.24. The number of ether oxygens (including phenoxy) is 2. The number of nitrogens with one attached hydrogen (secondary N) is 1. The first-order valence-corrected chi connectivity index (χ1v) is 8.68. The molecule has 0 radical (unpaired) electrons. The van der Waals surface area contributed by atoms with Crippen molar-refractivity contribution in [2.24, 2.45) is 10.7 Å². The predicted molar refractivity (Wildman–Crippen MR) is 114 cm³/mol. The minimum Gasteiger partial charge on any atom is -0.481 e. The third-order valence-electron chi connectivity index (χ3n) is 3.74. The molecule has 0 bridgehead atoms. The number of guanidine groups is 1. The zero-order chi connectivity index (χ0) is 20.4. The largest absolute Gasteiger partial charge is 0.481 e. The highest BCUT2D eigenvalue weighted by Crippen LogP contribution is 2.18. The Kier molecular flexibility index (Phi) is 7.77. The molecule has 1 aromatic carbocycles. The Balaban J connectivity index is 2.06. The first kappa shape index (κ1) is 20.7. The molecule has 0 spiro atoms. The van der Waals surface area contributed by atoms with E-state index in [2.05, 4.69) is 26.9 Å². The lowest BCUT2D eigenvalue weighted by Gasteiger charge is -2.08. The number of rotatable bonds is 8. The lowest BCUT2D eigenvalue weighted by molar-refractivity contribution is 0.373. The minimum atomic E-state index is 0.194. The summed E-state index contributed by atoms with van der Waals surface area (Å²) in [5.74, 6) is 1.17. The second-order valence-corrected chi connectivity index (χ2v) is 5.65. The molecule has 0 saturated carbocycles. The molecule has 0 aliphatic heterocycles. The Morgan fingerprint density at radius 1 is 1.18 bits per heavy atom. The number of nitrogens with two attached hydrogens (primary N) is 1. The molecular weight excluding hydrogens is 354 g/mol. The molecule has 0 saturated heterocycles. The first-order chi connectivity index (χ1) is 13.6. The number of aromatic nitrogens is 2. The molecular formula is C21H25N5O2. The van der Waals surface area contributed by atoms with Crippen molar-refractivity contribution in [3.63, 3.8) is 0 Å². The first-order valence-electron chi connectivity index (χ1n) is 8.68. The normalized spacial score (nSPS) is 12.1. The van der Waals surface area contributed by atoms with Crippen LogP contribution < -0.4 is 20.5 Å². The molecule has 2 rings (SSSR count). The Bertz CT molecular complexity index is 864. The van der Waals surface area contributed by atoms with Gasteiger partial charge in [0.25, 0.3) is 0 Å². The van der Waals surface area contributed by atoms with Gasteiger partial charge in [-0.2, -0.15) is 9.97 Å². The molecule has 0 aliphatic carbocycles. The van der Waals surface area contributed by atoms with E-state index in [4.69, 9.17) is 15.2 Å². The van der Waals surface area contributed by atoms with Crippen molar-refractivity contribution in [1.29, 1.82) is 0 Å². The smallest absolute Gasteiger partial charge is 0.236 e. The minimum absolute atomic E-state index is 0.194. The molecule has 1 heterocycles. The maximum Gasteiger partial charge on any atom is 0.236 e. The van der Waals surface area contributed by atoms with E-state index in [9.17, 15) is 0 Å². The Morgan fingerprint density at radius 2 is 1.82 bits per heavy atom. The highest BCUT2D eigenvalue weighted by atomic mass is 16.5. The molecule has 3 N–H and O–H groups in total. The Morgan fingerprint density at radius 3 is 2.36 bits per heavy atom. The van der Waals surface area contributed by atoms with E-state index in [-0.39, 0.29) is 11.9 Å². The van der Waals surface area contributed by atoms with Crippen molar-refractivity contribution in [1.82, 2.24) is 9.97 Å². The summed E-state index contributed by atoms with van der Waals surface area (Å²) in [5.41, 5.74) is 9.10. The third kappa shape index (κ3) is 5.98. The molecule has 7 nitrogen and oxygen atoms in total. The summed E-state index contributed by atoms with van der Waals surface area (Å²) in [5, 5.41) is 2.84. The van der Waals surface area contributed by atoms with E-state index in [1.807, 2.05) is 55.5 Å². The summed E-state index contributed by atoms with van der Waals surface area (Å²) in [6, 6.07) is 9.64. The second kappa shape index (κ2) is 10.5. The number of aliphatic imine (C=N–C) groups is 1. The summed E-state index contributed by atoms with van der Waals surface area (Å²) < 4.78 is 10.2. The van der Waals surface area contributed by atoms with Gasteiger partial charge >= 0.3 is 0 Å². The summed E-state index contributed by atoms with van der Waals surface area (Å²) in [4.78, 5) is 12.6. The average Bonchev–Trinajstić information content (AvgIpc) is 2.73. The van der Waals surface area contributed by atoms with Crippen LogP contribution in [0.1, 0.15) is 18.1 Å². The van der Waals surface area contributed by atoms with E-state index >= 15 is 0 Å². The Labute approximate surface area is 165 Å². The van der Waals surface area contributed by atoms with Crippen molar-refractivity contribution in [3.8, 4) is 11.8 Å². The number of allylic oxidation sites excluding steroid dienone is 5. The van der Waals surface area contributed by atoms with Gasteiger partial charge in [0.1, 0.15) is 0 Å². The maximum atomic E-state index is 5.94. The summed E-state index contributed by atoms with van der Waals surface area (Å²) >= 11 is 0. The summed E-state index contributed by atoms with van der Waals surface area (Å²) in [7, 11) is 3.02. The highest BCUT2D eigenvalue weighted by molar-refractivity contribution is 5.90. The molecule has 0 aliphatic rings. The van der Waals surface area contributed by atoms with Gasteiger partial charge in [0.05, 0.1) is 26.8 Å². The van der Waals surface area contributed by atoms with Crippen molar-refractivity contribution >= 4 is 17.5 Å². The van der Waals surface area contributed by atoms with Crippen LogP contribution >= 0.6 is 0 Å². The number of nitrogens with zero attached hydrogens (tertiary/aromatic N) is 3. The molecule has 0 atom stereocenters. The van der Waals surface area contributed by atoms with E-state index in [1.165, 1.54) is 14.2 Å². The quantitative estimate of drug-likeness (QED) is 0.414. The topological polar surface area (TPSA) is 94.7 Å². The summed E-state index contributed by atoms with van der Waals surface area (Å²) in [6.07, 6.45) is 7.81. The predicted octanol–water partition coefficient (Wildman–Crippen LogP) is 3.57. The van der Waals surface area contributed by atoms with E-state index < -0.39 is 0 Å². The van der Waals surface area contributed by atoms with Gasteiger partial charge in [0.15, 0.2) is 5.96 Å². The average molecular weight is 379 g/mol. The van der Waals surface area contributed by atoms with Gasteiger partial charge in [-0.15, -0.1) is 0 Å². The van der Waals surface area contributed by atoms with Gasteiger partial charge in [-0.05, 0) is 23.6 Å². The van der Waals surface area contributed by atoms with Crippen molar-refractivity contribution in [2.75, 3.05) is 19.5 Å². The van der Waals surface area contributed by atoms with Crippen LogP contribution in [0.15, 0.2) is 66.2 Å². The van der Waals surface area contributed by atoms with Crippen LogP contribution in [-0.4, -0.2) is 30.1 Å². The molecule has 0 unspecified atom stereocenters. The van der Waals surface area contributed by atoms with Gasteiger partial charge in [-0.3, -0.25) is 5.32 Å². The van der Waals surface area contributed by atoms with Gasteiger partial charge in [-0.1, -0.05) is 55.1 Å². The van der Waals surface area contributed by atoms with Crippen LogP contribution in [0.2, 0.25) is 0 Å². The fourth-order valence-electron chi connectivity index (χ4n) is 2.28. The van der Waals surface area contributed by atoms with Gasteiger partial charge in [0, 0.05) is 0 Å². The molecule has 0 amide bonds. The lowest BCUT2D eigenvalue weighted by atomic mass is 10.0. The number of anilines is 1. The van der Waals surface area contributed by atoms with Gasteiger partial charge < -0.3 is 15.2 Å². The monoisotopic (exact) mass is 379 g/mol. The van der Waals surface area contributed by atoms with Crippen molar-refractivity contribution in [2.45, 2.75) is 13.5 Å². The third-order valence-corrected chi connectivity index (χ3v) is 3.74. The standard InChI is InChI=1S/C21H25N5O2/c1-5-7-8-16(6-2)17-11-9-15(10-12-17)14-23-20(22)26-21-24-18(27-3)13-19(25-21)28-4/h5-13H,2,14H2,1,3-4H3,(H3,22,23,24,25,26)/b7-5-,16-8+. The van der Waals surface area contributed by atoms with Crippen LogP contribution in [0.4, 0.5) is 5.95 Å². The number of benzene rings is 1. The van der Waals surface area contributed by atoms with Crippen LogP contribution in [-0.2, 0) is 6.54 Å². The fourth-order valence-corrected chi connectivity index (χ4v) is 2.28. The number of hydrogen-bond donors (Lipinski definition) is 2. The van der Waals surface area contributed by atoms with Crippen LogP contribution in [0, 0.1) is 0 Å². The zero-order valence-electron chi connectivity index (χ0n) is 16.3. The van der Waals surface area contributed by atoms with Gasteiger partial charge in [0.2, 0.25) is 17.7 Å². The Hall–Kier alpha value is -3.61. The van der Waals surface area contributed by atoms with Crippen molar-refractivity contribution < 1.29 is 9.47 Å². The molecule has 2 aromatic rings. The molecule has 7 heteroatoms. The molecule has 28 heavy (non-hydrogen) atoms. The van der Waals surface area contributed by atoms with Gasteiger partial charge in [-0.25, -0.2) is 4.99 Å². The van der Waals surface area contributed by atoms with E-state index in [0.717, 1.165) is 16.7 Å². The zero-order valence-corrected chi connectivity index (χ0v) is 16.3. The maximum absolute atomic E-state index is 5.94. The SMILES string of the molecule is C=C/C(=C\C=C/C)c1ccc(CN=C(N)Nc2nc(OC)cc(OC)n2)cc1. The van der Waals surface area contributed by atoms with Crippen LogP contribution in [0.25, 0.3) is 5.57 Å². The van der Waals surface area contributed by atoms with E-state index in [1.54, 1.807) is 6.07 Å². The number of hydrogen-bond acceptors (Lipinski definition) is 5. The number of methoxy groups -OCH3 is 2. The van der Waals surface area contributed by atoms with Crippen molar-refractivity contribution in [3.05, 3.63) is 72.3 Å². The molecule has 0 fully saturated rings. The highest BCUT2D eigenvalue weighted by Gasteiger charge is 2.06. The summed E-state index contributed by atoms with van der Waals surface area (Å²) in [6.45, 7) is 6.25. The fraction of sp³-hybridized carbons (Fsp3) is 0.190. The molecule has 1 aromatic heterocycles. The van der Waals surface area contributed by atoms with Crippen LogP contribution in [0.3, 0.4) is 0 Å². The van der Waals surface area contributed by atoms with E-state index in [0.29, 0.717) is 18.3 Å². The van der Waals surface area contributed by atoms with Crippen LogP contribution in [0.5, 0.6) is 11.8 Å².